The Kier molecular flexibility index (Phi) is 18.9. The maximum Gasteiger partial charge on any atom is 0.407 e. The van der Waals surface area contributed by atoms with Crippen molar-refractivity contribution in [2.24, 2.45) is 0 Å². The minimum absolute atomic E-state index is 0.0170. The monoisotopic (exact) mass is 745 g/mol. The Bertz CT molecular complexity index is 1530. The van der Waals surface area contributed by atoms with Gasteiger partial charge in [-0.3, -0.25) is 59.7 Å². The van der Waals surface area contributed by atoms with E-state index in [1.807, 2.05) is 30.3 Å². The fraction of sp³-hybridized carbons (Fsp3) is 0.394. The lowest BCUT2D eigenvalue weighted by Gasteiger charge is -2.27. The third-order valence-electron chi connectivity index (χ3n) is 7.20. The normalized spacial score (nSPS) is 10.7. The molecule has 0 aliphatic rings. The van der Waals surface area contributed by atoms with Crippen LogP contribution in [0.25, 0.3) is 0 Å². The van der Waals surface area contributed by atoms with E-state index in [0.717, 1.165) is 21.6 Å². The van der Waals surface area contributed by atoms with Gasteiger partial charge in [-0.1, -0.05) is 54.6 Å². The van der Waals surface area contributed by atoms with E-state index >= 15 is 0 Å². The van der Waals surface area contributed by atoms with Crippen molar-refractivity contribution < 1.29 is 54.0 Å². The third-order valence-corrected chi connectivity index (χ3v) is 8.23. The van der Waals surface area contributed by atoms with Crippen molar-refractivity contribution in [3.05, 3.63) is 71.3 Å². The van der Waals surface area contributed by atoms with E-state index in [1.165, 1.54) is 16.7 Å². The molecule has 0 radical (unpaired) electrons. The molecule has 52 heavy (non-hydrogen) atoms. The molecule has 2 rings (SSSR count). The highest BCUT2D eigenvalue weighted by Gasteiger charge is 2.20. The molecule has 0 aliphatic heterocycles. The first-order valence-electron chi connectivity index (χ1n) is 15.9. The van der Waals surface area contributed by atoms with E-state index in [-0.39, 0.29) is 57.2 Å². The Morgan fingerprint density at radius 1 is 0.635 bits per heavy atom. The predicted molar refractivity (Wildman–Crippen MR) is 189 cm³/mol. The van der Waals surface area contributed by atoms with Crippen LogP contribution in [0.2, 0.25) is 0 Å². The molecule has 8 N–H and O–H groups in total. The lowest BCUT2D eigenvalue weighted by Crippen LogP contribution is -2.47. The molecular weight excluding hydrogens is 702 g/mol. The smallest absolute Gasteiger partial charge is 0.407 e. The summed E-state index contributed by atoms with van der Waals surface area (Å²) in [6.07, 6.45) is -1.07. The van der Waals surface area contributed by atoms with Gasteiger partial charge in [-0.2, -0.15) is 11.8 Å². The summed E-state index contributed by atoms with van der Waals surface area (Å²) < 4.78 is 0. The van der Waals surface area contributed by atoms with E-state index in [2.05, 4.69) is 16.2 Å². The number of carboxylic acid groups (broad SMARTS) is 4. The van der Waals surface area contributed by atoms with Crippen LogP contribution in [0, 0.1) is 5.41 Å². The Hall–Kier alpha value is -5.53. The minimum Gasteiger partial charge on any atom is -0.480 e. The predicted octanol–water partition coefficient (Wildman–Crippen LogP) is 0.174. The molecule has 0 spiro atoms. The molecule has 0 unspecified atom stereocenters. The Labute approximate surface area is 303 Å². The Balaban J connectivity index is 1.82. The van der Waals surface area contributed by atoms with Crippen LogP contribution in [-0.2, 0) is 47.5 Å². The molecule has 0 saturated heterocycles. The molecule has 0 saturated carbocycles. The van der Waals surface area contributed by atoms with Gasteiger partial charge in [0.2, 0.25) is 11.8 Å². The van der Waals surface area contributed by atoms with Crippen molar-refractivity contribution in [2.45, 2.75) is 25.1 Å². The van der Waals surface area contributed by atoms with E-state index in [9.17, 15) is 38.7 Å². The zero-order valence-electron chi connectivity index (χ0n) is 28.3. The molecule has 2 aromatic carbocycles. The molecule has 19 heteroatoms. The van der Waals surface area contributed by atoms with E-state index in [4.69, 9.17) is 20.7 Å². The van der Waals surface area contributed by atoms with Gasteiger partial charge in [0.15, 0.2) is 0 Å². The molecule has 0 aromatic heterocycles. The maximum atomic E-state index is 12.8. The molecular formula is C33H43N7O11S. The van der Waals surface area contributed by atoms with Gasteiger partial charge in [0.1, 0.15) is 12.3 Å². The average Bonchev–Trinajstić information content (AvgIpc) is 3.09. The Morgan fingerprint density at radius 3 is 1.81 bits per heavy atom. The number of benzene rings is 2. The van der Waals surface area contributed by atoms with Crippen LogP contribution in [0.1, 0.15) is 23.1 Å². The fourth-order valence-electron chi connectivity index (χ4n) is 4.53. The van der Waals surface area contributed by atoms with Gasteiger partial charge in [-0.15, -0.1) is 0 Å². The van der Waals surface area contributed by atoms with Gasteiger partial charge in [-0.25, -0.2) is 4.79 Å². The van der Waals surface area contributed by atoms with Crippen LogP contribution in [-0.4, -0.2) is 141 Å². The van der Waals surface area contributed by atoms with Crippen molar-refractivity contribution in [3.8, 4) is 0 Å². The zero-order chi connectivity index (χ0) is 38.5. The number of hydrogen-bond donors (Lipinski definition) is 8. The molecule has 0 fully saturated rings. The van der Waals surface area contributed by atoms with Crippen LogP contribution in [0.5, 0.6) is 0 Å². The first-order chi connectivity index (χ1) is 24.7. The summed E-state index contributed by atoms with van der Waals surface area (Å²) in [6.45, 7) is -2.59. The van der Waals surface area contributed by atoms with Gasteiger partial charge in [-0.05, 0) is 23.1 Å². The quantitative estimate of drug-likeness (QED) is 0.0526. The van der Waals surface area contributed by atoms with Crippen LogP contribution in [0.3, 0.4) is 0 Å². The van der Waals surface area contributed by atoms with E-state index in [1.54, 1.807) is 24.3 Å². The highest BCUT2D eigenvalue weighted by atomic mass is 32.2. The molecule has 0 bridgehead atoms. The minimum atomic E-state index is -1.48. The lowest BCUT2D eigenvalue weighted by atomic mass is 10.1. The second kappa shape index (κ2) is 23.0. The summed E-state index contributed by atoms with van der Waals surface area (Å²) in [7, 11) is 0. The number of hydrogen-bond acceptors (Lipinski definition) is 11. The van der Waals surface area contributed by atoms with Crippen molar-refractivity contribution >= 4 is 59.2 Å². The van der Waals surface area contributed by atoms with E-state index in [0.29, 0.717) is 17.1 Å². The summed E-state index contributed by atoms with van der Waals surface area (Å²) >= 11 is 1.41. The number of hydrazine groups is 1. The second-order valence-electron chi connectivity index (χ2n) is 11.4. The van der Waals surface area contributed by atoms with Crippen molar-refractivity contribution in [2.75, 3.05) is 58.1 Å². The molecule has 4 amide bonds. The third kappa shape index (κ3) is 18.5. The number of aryl methyl sites for hydroxylation is 1. The summed E-state index contributed by atoms with van der Waals surface area (Å²) in [5, 5.41) is 47.2. The van der Waals surface area contributed by atoms with Gasteiger partial charge in [0.05, 0.1) is 19.6 Å². The van der Waals surface area contributed by atoms with Gasteiger partial charge in [0, 0.05) is 50.7 Å². The van der Waals surface area contributed by atoms with E-state index < -0.39 is 61.4 Å². The largest absolute Gasteiger partial charge is 0.480 e. The van der Waals surface area contributed by atoms with Crippen LogP contribution >= 0.6 is 11.8 Å². The molecule has 18 nitrogen and oxygen atoms in total. The number of aliphatic carboxylic acids is 3. The van der Waals surface area contributed by atoms with Crippen LogP contribution in [0.4, 0.5) is 4.79 Å². The second-order valence-corrected chi connectivity index (χ2v) is 12.4. The van der Waals surface area contributed by atoms with Crippen molar-refractivity contribution in [3.63, 3.8) is 0 Å². The first-order valence-corrected chi connectivity index (χ1v) is 17.1. The standard InChI is InChI=1S/C33H43N7O11S/c34-26(22-52-21-25-4-2-1-3-5-25)32(49)37-36-27(41)11-10-23-6-8-24(9-7-23)16-35-28(42)17-38(14-15-40(33(50)51)20-31(47)48)12-13-39(18-29(43)44)19-30(45)46/h1-9,34H,10-22H2,(H,35,42)(H,36,41)(H,37,49)(H,43,44)(H,45,46)(H,47,48)(H,50,51). The molecule has 282 valence electrons. The summed E-state index contributed by atoms with van der Waals surface area (Å²) in [5.41, 5.74) is 6.99. The number of rotatable bonds is 24. The molecule has 2 aromatic rings. The number of nitrogens with zero attached hydrogens (tertiary/aromatic N) is 3. The molecule has 0 heterocycles. The number of nitrogens with one attached hydrogen (secondary N) is 4. The number of carbonyl (C=O) groups excluding carboxylic acids is 3. The number of carboxylic acids is 3. The highest BCUT2D eigenvalue weighted by Crippen LogP contribution is 2.11. The average molecular weight is 746 g/mol. The fourth-order valence-corrected chi connectivity index (χ4v) is 5.40. The first kappa shape index (κ1) is 42.6. The maximum absolute atomic E-state index is 12.8. The number of thioether (sulfide) groups is 1. The molecule has 0 atom stereocenters. The van der Waals surface area contributed by atoms with Crippen molar-refractivity contribution in [1.82, 2.24) is 30.9 Å². The van der Waals surface area contributed by atoms with Gasteiger partial charge >= 0.3 is 24.0 Å². The zero-order valence-corrected chi connectivity index (χ0v) is 29.1. The molecule has 0 aliphatic carbocycles. The van der Waals surface area contributed by atoms with Gasteiger partial charge < -0.3 is 25.7 Å². The SMILES string of the molecule is N=C(CSCc1ccccc1)C(=O)NNC(=O)CCc1ccc(CNC(=O)CN(CCN(CC(=O)O)CC(=O)O)CCN(CC(=O)O)C(=O)O)cc1. The summed E-state index contributed by atoms with van der Waals surface area (Å²) in [6, 6.07) is 16.6. The Morgan fingerprint density at radius 2 is 1.21 bits per heavy atom. The number of amides is 4. The topological polar surface area (TPSA) is 270 Å². The lowest BCUT2D eigenvalue weighted by molar-refractivity contribution is -0.142. The van der Waals surface area contributed by atoms with Crippen LogP contribution < -0.4 is 16.2 Å². The van der Waals surface area contributed by atoms with Gasteiger partial charge in [0.25, 0.3) is 5.91 Å². The van der Waals surface area contributed by atoms with Crippen molar-refractivity contribution in [1.29, 1.82) is 5.41 Å². The highest BCUT2D eigenvalue weighted by molar-refractivity contribution is 7.99. The number of carbonyl (C=O) groups is 7. The summed E-state index contributed by atoms with van der Waals surface area (Å²) in [5.74, 6) is -4.68. The van der Waals surface area contributed by atoms with Crippen LogP contribution in [0.15, 0.2) is 54.6 Å². The summed E-state index contributed by atoms with van der Waals surface area (Å²) in [4.78, 5) is 85.3.